The van der Waals surface area contributed by atoms with E-state index in [1.54, 1.807) is 35.0 Å². The summed E-state index contributed by atoms with van der Waals surface area (Å²) < 4.78 is 7.28. The van der Waals surface area contributed by atoms with Gasteiger partial charge in [-0.25, -0.2) is 4.98 Å². The number of halogens is 1. The molecule has 0 fully saturated rings. The molecule has 2 rings (SSSR count). The molecular formula is C11H11ClN2O2. The number of phenolic OH excluding ortho intramolecular Hbond substituents is 1. The number of phenols is 1. The zero-order valence-electron chi connectivity index (χ0n) is 8.72. The highest BCUT2D eigenvalue weighted by Gasteiger charge is 2.08. The second-order valence-corrected chi connectivity index (χ2v) is 3.59. The Bertz CT molecular complexity index is 479. The lowest BCUT2D eigenvalue weighted by Crippen LogP contribution is -1.98. The van der Waals surface area contributed by atoms with Gasteiger partial charge < -0.3 is 9.84 Å². The van der Waals surface area contributed by atoms with Crippen LogP contribution in [0.1, 0.15) is 6.92 Å². The first-order valence-electron chi connectivity index (χ1n) is 4.88. The van der Waals surface area contributed by atoms with E-state index in [9.17, 15) is 0 Å². The van der Waals surface area contributed by atoms with Crippen LogP contribution in [0.5, 0.6) is 17.5 Å². The number of nitrogens with zero attached hydrogens (tertiary/aromatic N) is 2. The van der Waals surface area contributed by atoms with Crippen molar-refractivity contribution in [1.82, 2.24) is 9.55 Å². The number of aromatic nitrogens is 2. The van der Waals surface area contributed by atoms with Crippen molar-refractivity contribution in [2.75, 3.05) is 0 Å². The average Bonchev–Trinajstić information content (AvgIpc) is 2.63. The summed E-state index contributed by atoms with van der Waals surface area (Å²) >= 11 is 5.92. The molecule has 5 heteroatoms. The summed E-state index contributed by atoms with van der Waals surface area (Å²) in [5.41, 5.74) is 0. The van der Waals surface area contributed by atoms with Gasteiger partial charge in [-0.15, -0.1) is 0 Å². The van der Waals surface area contributed by atoms with E-state index in [0.29, 0.717) is 23.5 Å². The highest BCUT2D eigenvalue weighted by Crippen LogP contribution is 2.24. The number of ether oxygens (including phenoxy) is 1. The molecule has 0 saturated heterocycles. The molecule has 0 saturated carbocycles. The third-order valence-corrected chi connectivity index (χ3v) is 2.43. The fourth-order valence-electron chi connectivity index (χ4n) is 1.33. The van der Waals surface area contributed by atoms with Crippen molar-refractivity contribution in [1.29, 1.82) is 0 Å². The van der Waals surface area contributed by atoms with Crippen molar-refractivity contribution < 1.29 is 9.84 Å². The molecule has 2 aromatic rings. The lowest BCUT2D eigenvalue weighted by molar-refractivity contribution is 0.413. The predicted molar refractivity (Wildman–Crippen MR) is 61.1 cm³/mol. The molecular weight excluding hydrogens is 228 g/mol. The molecule has 1 aromatic heterocycles. The quantitative estimate of drug-likeness (QED) is 0.894. The first-order valence-corrected chi connectivity index (χ1v) is 5.26. The van der Waals surface area contributed by atoms with Crippen LogP contribution in [0.3, 0.4) is 0 Å². The zero-order valence-corrected chi connectivity index (χ0v) is 9.48. The molecule has 16 heavy (non-hydrogen) atoms. The maximum absolute atomic E-state index is 9.13. The molecule has 1 heterocycles. The van der Waals surface area contributed by atoms with Crippen LogP contribution in [0.25, 0.3) is 0 Å². The highest BCUT2D eigenvalue weighted by molar-refractivity contribution is 6.29. The summed E-state index contributed by atoms with van der Waals surface area (Å²) in [6.45, 7) is 2.64. The van der Waals surface area contributed by atoms with Crippen molar-refractivity contribution >= 4 is 11.6 Å². The number of hydrogen-bond donors (Lipinski definition) is 1. The molecule has 1 N–H and O–H groups in total. The molecule has 0 radical (unpaired) electrons. The first-order chi connectivity index (χ1) is 7.70. The number of aromatic hydroxyl groups is 1. The lowest BCUT2D eigenvalue weighted by Gasteiger charge is -2.07. The molecule has 0 amide bonds. The van der Waals surface area contributed by atoms with Crippen LogP contribution < -0.4 is 4.74 Å². The SMILES string of the molecule is CCn1c(Cl)cnc1Oc1ccc(O)cc1. The Morgan fingerprint density at radius 2 is 2.06 bits per heavy atom. The van der Waals surface area contributed by atoms with Crippen LogP contribution in [0.4, 0.5) is 0 Å². The van der Waals surface area contributed by atoms with Crippen LogP contribution in [-0.2, 0) is 6.54 Å². The van der Waals surface area contributed by atoms with E-state index < -0.39 is 0 Å². The number of benzene rings is 1. The fourth-order valence-corrected chi connectivity index (χ4v) is 1.57. The van der Waals surface area contributed by atoms with Crippen molar-refractivity contribution in [2.24, 2.45) is 0 Å². The van der Waals surface area contributed by atoms with Gasteiger partial charge in [-0.3, -0.25) is 4.57 Å². The number of rotatable bonds is 3. The van der Waals surface area contributed by atoms with Crippen molar-refractivity contribution in [3.8, 4) is 17.5 Å². The minimum absolute atomic E-state index is 0.198. The van der Waals surface area contributed by atoms with E-state index in [0.717, 1.165) is 0 Å². The molecule has 0 aliphatic heterocycles. The molecule has 84 valence electrons. The van der Waals surface area contributed by atoms with Gasteiger partial charge in [0.2, 0.25) is 0 Å². The zero-order chi connectivity index (χ0) is 11.5. The van der Waals surface area contributed by atoms with Gasteiger partial charge in [0.15, 0.2) is 0 Å². The lowest BCUT2D eigenvalue weighted by atomic mass is 10.3. The van der Waals surface area contributed by atoms with Crippen molar-refractivity contribution in [2.45, 2.75) is 13.5 Å². The normalized spacial score (nSPS) is 10.4. The average molecular weight is 239 g/mol. The third kappa shape index (κ3) is 2.12. The second-order valence-electron chi connectivity index (χ2n) is 3.20. The van der Waals surface area contributed by atoms with Gasteiger partial charge in [-0.2, -0.15) is 0 Å². The Labute approximate surface area is 98.1 Å². The Hall–Kier alpha value is -1.68. The van der Waals surface area contributed by atoms with Crippen molar-refractivity contribution in [3.05, 3.63) is 35.6 Å². The minimum Gasteiger partial charge on any atom is -0.508 e. The second kappa shape index (κ2) is 4.45. The first kappa shape index (κ1) is 10.8. The molecule has 0 unspecified atom stereocenters. The number of imidazole rings is 1. The largest absolute Gasteiger partial charge is 0.508 e. The van der Waals surface area contributed by atoms with Crippen molar-refractivity contribution in [3.63, 3.8) is 0 Å². The highest BCUT2D eigenvalue weighted by atomic mass is 35.5. The van der Waals surface area contributed by atoms with Gasteiger partial charge in [0.25, 0.3) is 0 Å². The molecule has 0 aliphatic carbocycles. The van der Waals surface area contributed by atoms with Crippen LogP contribution in [0.2, 0.25) is 5.15 Å². The fraction of sp³-hybridized carbons (Fsp3) is 0.182. The Morgan fingerprint density at radius 1 is 1.38 bits per heavy atom. The van der Waals surface area contributed by atoms with Gasteiger partial charge in [-0.1, -0.05) is 11.6 Å². The minimum atomic E-state index is 0.198. The maximum atomic E-state index is 9.13. The predicted octanol–water partition coefficient (Wildman–Crippen LogP) is 3.05. The Balaban J connectivity index is 2.23. The summed E-state index contributed by atoms with van der Waals surface area (Å²) in [6, 6.07) is 6.88. The monoisotopic (exact) mass is 238 g/mol. The molecule has 0 aliphatic rings. The number of hydrogen-bond acceptors (Lipinski definition) is 3. The summed E-state index contributed by atoms with van der Waals surface area (Å²) in [4.78, 5) is 4.05. The van der Waals surface area contributed by atoms with Gasteiger partial charge in [0, 0.05) is 6.54 Å². The molecule has 1 aromatic carbocycles. The van der Waals surface area contributed by atoms with E-state index in [-0.39, 0.29) is 5.75 Å². The molecule has 0 atom stereocenters. The van der Waals surface area contributed by atoms with Crippen LogP contribution in [0.15, 0.2) is 30.5 Å². The van der Waals surface area contributed by atoms with E-state index in [1.165, 1.54) is 0 Å². The Kier molecular flexibility index (Phi) is 3.01. The van der Waals surface area contributed by atoms with Crippen LogP contribution in [0, 0.1) is 0 Å². The van der Waals surface area contributed by atoms with Gasteiger partial charge in [0.05, 0.1) is 6.20 Å². The molecule has 0 spiro atoms. The standard InChI is InChI=1S/C11H11ClN2O2/c1-2-14-10(12)7-13-11(14)16-9-5-3-8(15)4-6-9/h3-7,15H,2H2,1H3. The van der Waals surface area contributed by atoms with Crippen LogP contribution in [-0.4, -0.2) is 14.7 Å². The van der Waals surface area contributed by atoms with E-state index in [1.807, 2.05) is 6.92 Å². The summed E-state index contributed by atoms with van der Waals surface area (Å²) in [5.74, 6) is 0.805. The Morgan fingerprint density at radius 3 is 2.69 bits per heavy atom. The van der Waals surface area contributed by atoms with Gasteiger partial charge in [-0.05, 0) is 31.2 Å². The summed E-state index contributed by atoms with van der Waals surface area (Å²) in [5, 5.41) is 9.67. The third-order valence-electron chi connectivity index (χ3n) is 2.13. The van der Waals surface area contributed by atoms with Crippen LogP contribution >= 0.6 is 11.6 Å². The molecule has 0 bridgehead atoms. The van der Waals surface area contributed by atoms with E-state index in [4.69, 9.17) is 21.4 Å². The van der Waals surface area contributed by atoms with E-state index in [2.05, 4.69) is 4.98 Å². The topological polar surface area (TPSA) is 47.3 Å². The van der Waals surface area contributed by atoms with E-state index >= 15 is 0 Å². The van der Waals surface area contributed by atoms with Gasteiger partial charge >= 0.3 is 6.01 Å². The van der Waals surface area contributed by atoms with Gasteiger partial charge in [0.1, 0.15) is 16.7 Å². The summed E-state index contributed by atoms with van der Waals surface area (Å²) in [7, 11) is 0. The molecule has 4 nitrogen and oxygen atoms in total. The summed E-state index contributed by atoms with van der Waals surface area (Å²) in [6.07, 6.45) is 1.54. The maximum Gasteiger partial charge on any atom is 0.303 e. The smallest absolute Gasteiger partial charge is 0.303 e.